The Morgan fingerprint density at radius 3 is 2.50 bits per heavy atom. The van der Waals surface area contributed by atoms with Gasteiger partial charge < -0.3 is 10.5 Å². The summed E-state index contributed by atoms with van der Waals surface area (Å²) in [6.45, 7) is 3.44. The third-order valence-electron chi connectivity index (χ3n) is 1.97. The fourth-order valence-electron chi connectivity index (χ4n) is 0.883. The lowest BCUT2D eigenvalue weighted by atomic mass is 10.2. The first-order valence-corrected chi connectivity index (χ1v) is 4.38. The molecule has 0 aliphatic heterocycles. The zero-order chi connectivity index (χ0) is 10.7. The van der Waals surface area contributed by atoms with Gasteiger partial charge in [-0.3, -0.25) is 0 Å². The lowest BCUT2D eigenvalue weighted by Gasteiger charge is -2.18. The summed E-state index contributed by atoms with van der Waals surface area (Å²) in [5.41, 5.74) is 5.53. The smallest absolute Gasteiger partial charge is 0.200 e. The van der Waals surface area contributed by atoms with E-state index in [1.54, 1.807) is 13.8 Å². The molecule has 0 heterocycles. The first-order chi connectivity index (χ1) is 6.52. The van der Waals surface area contributed by atoms with E-state index in [0.29, 0.717) is 0 Å². The molecule has 0 bridgehead atoms. The standard InChI is InChI=1S/C10H13F2NO/c1-6(13)7(2)14-9-5-3-4-8(11)10(9)12/h3-7H,13H2,1-2H3/t6-,7?/m0/s1. The largest absolute Gasteiger partial charge is 0.486 e. The van der Waals surface area contributed by atoms with Crippen LogP contribution in [0.25, 0.3) is 0 Å². The van der Waals surface area contributed by atoms with Gasteiger partial charge in [-0.05, 0) is 26.0 Å². The molecule has 14 heavy (non-hydrogen) atoms. The van der Waals surface area contributed by atoms with Crippen molar-refractivity contribution in [3.8, 4) is 5.75 Å². The van der Waals surface area contributed by atoms with Gasteiger partial charge in [-0.1, -0.05) is 6.07 Å². The van der Waals surface area contributed by atoms with Crippen LogP contribution in [0.2, 0.25) is 0 Å². The Morgan fingerprint density at radius 1 is 1.29 bits per heavy atom. The van der Waals surface area contributed by atoms with Gasteiger partial charge in [-0.15, -0.1) is 0 Å². The summed E-state index contributed by atoms with van der Waals surface area (Å²) < 4.78 is 31.0. The molecule has 0 amide bonds. The van der Waals surface area contributed by atoms with Gasteiger partial charge in [0.25, 0.3) is 0 Å². The molecule has 1 aromatic rings. The predicted molar refractivity (Wildman–Crippen MR) is 50.1 cm³/mol. The van der Waals surface area contributed by atoms with E-state index < -0.39 is 11.6 Å². The van der Waals surface area contributed by atoms with Crippen LogP contribution in [0.5, 0.6) is 5.75 Å². The molecule has 0 spiro atoms. The molecule has 0 radical (unpaired) electrons. The first-order valence-electron chi connectivity index (χ1n) is 4.38. The zero-order valence-electron chi connectivity index (χ0n) is 8.13. The van der Waals surface area contributed by atoms with Crippen LogP contribution in [0.15, 0.2) is 18.2 Å². The Labute approximate surface area is 81.7 Å². The fraction of sp³-hybridized carbons (Fsp3) is 0.400. The van der Waals surface area contributed by atoms with Gasteiger partial charge in [0.1, 0.15) is 6.10 Å². The van der Waals surface area contributed by atoms with Crippen LogP contribution in [0, 0.1) is 11.6 Å². The first kappa shape index (κ1) is 10.9. The molecule has 4 heteroatoms. The summed E-state index contributed by atoms with van der Waals surface area (Å²) in [5.74, 6) is -1.99. The highest BCUT2D eigenvalue weighted by Crippen LogP contribution is 2.20. The number of hydrogen-bond acceptors (Lipinski definition) is 2. The second-order valence-corrected chi connectivity index (χ2v) is 3.23. The van der Waals surface area contributed by atoms with E-state index in [2.05, 4.69) is 0 Å². The topological polar surface area (TPSA) is 35.2 Å². The molecule has 78 valence electrons. The summed E-state index contributed by atoms with van der Waals surface area (Å²) in [6, 6.07) is 3.56. The number of benzene rings is 1. The molecule has 0 aromatic heterocycles. The van der Waals surface area contributed by atoms with Crippen LogP contribution in [0.4, 0.5) is 8.78 Å². The monoisotopic (exact) mass is 201 g/mol. The maximum absolute atomic E-state index is 13.1. The Bertz CT molecular complexity index is 315. The van der Waals surface area contributed by atoms with Crippen molar-refractivity contribution in [1.29, 1.82) is 0 Å². The average Bonchev–Trinajstić information content (AvgIpc) is 2.12. The second kappa shape index (κ2) is 4.37. The van der Waals surface area contributed by atoms with Crippen molar-refractivity contribution in [3.05, 3.63) is 29.8 Å². The average molecular weight is 201 g/mol. The van der Waals surface area contributed by atoms with E-state index in [9.17, 15) is 8.78 Å². The molecule has 0 fully saturated rings. The maximum Gasteiger partial charge on any atom is 0.200 e. The number of halogens is 2. The van der Waals surface area contributed by atoms with E-state index in [1.165, 1.54) is 12.1 Å². The number of hydrogen-bond donors (Lipinski definition) is 1. The summed E-state index contributed by atoms with van der Waals surface area (Å²) in [6.07, 6.45) is -0.355. The van der Waals surface area contributed by atoms with Crippen LogP contribution in [-0.4, -0.2) is 12.1 Å². The van der Waals surface area contributed by atoms with Crippen molar-refractivity contribution in [2.45, 2.75) is 26.0 Å². The highest BCUT2D eigenvalue weighted by atomic mass is 19.2. The molecule has 1 unspecified atom stereocenters. The highest BCUT2D eigenvalue weighted by molar-refractivity contribution is 5.25. The van der Waals surface area contributed by atoms with Crippen molar-refractivity contribution < 1.29 is 13.5 Å². The second-order valence-electron chi connectivity index (χ2n) is 3.23. The van der Waals surface area contributed by atoms with Gasteiger partial charge in [-0.25, -0.2) is 4.39 Å². The van der Waals surface area contributed by atoms with Crippen molar-refractivity contribution in [3.63, 3.8) is 0 Å². The molecule has 0 aliphatic carbocycles. The molecule has 1 aromatic carbocycles. The van der Waals surface area contributed by atoms with Gasteiger partial charge in [0.15, 0.2) is 11.6 Å². The van der Waals surface area contributed by atoms with Crippen LogP contribution in [0.1, 0.15) is 13.8 Å². The van der Waals surface area contributed by atoms with Crippen LogP contribution in [0.3, 0.4) is 0 Å². The normalized spacial score (nSPS) is 14.9. The Balaban J connectivity index is 2.82. The van der Waals surface area contributed by atoms with Crippen LogP contribution >= 0.6 is 0 Å². The minimum atomic E-state index is -0.972. The van der Waals surface area contributed by atoms with Crippen LogP contribution in [-0.2, 0) is 0 Å². The lowest BCUT2D eigenvalue weighted by molar-refractivity contribution is 0.186. The van der Waals surface area contributed by atoms with E-state index in [0.717, 1.165) is 6.07 Å². The number of nitrogens with two attached hydrogens (primary N) is 1. The molecular weight excluding hydrogens is 188 g/mol. The molecule has 0 aliphatic rings. The number of ether oxygens (including phenoxy) is 1. The molecule has 2 N–H and O–H groups in total. The third-order valence-corrected chi connectivity index (χ3v) is 1.97. The van der Waals surface area contributed by atoms with E-state index in [-0.39, 0.29) is 17.9 Å². The molecule has 2 nitrogen and oxygen atoms in total. The third kappa shape index (κ3) is 2.42. The lowest BCUT2D eigenvalue weighted by Crippen LogP contribution is -2.33. The SMILES string of the molecule is CC(Oc1cccc(F)c1F)[C@H](C)N. The van der Waals surface area contributed by atoms with Gasteiger partial charge >= 0.3 is 0 Å². The van der Waals surface area contributed by atoms with Crippen molar-refractivity contribution in [1.82, 2.24) is 0 Å². The molecule has 1 rings (SSSR count). The van der Waals surface area contributed by atoms with Gasteiger partial charge in [0, 0.05) is 6.04 Å². The fourth-order valence-corrected chi connectivity index (χ4v) is 0.883. The predicted octanol–water partition coefficient (Wildman–Crippen LogP) is 2.08. The molecule has 2 atom stereocenters. The van der Waals surface area contributed by atoms with Gasteiger partial charge in [0.2, 0.25) is 5.82 Å². The number of rotatable bonds is 3. The Hall–Kier alpha value is -1.16. The minimum absolute atomic E-state index is 0.102. The summed E-state index contributed by atoms with van der Waals surface area (Å²) in [4.78, 5) is 0. The van der Waals surface area contributed by atoms with E-state index in [1.807, 2.05) is 0 Å². The molecule has 0 saturated heterocycles. The summed E-state index contributed by atoms with van der Waals surface area (Å²) >= 11 is 0. The van der Waals surface area contributed by atoms with Gasteiger partial charge in [-0.2, -0.15) is 4.39 Å². The quantitative estimate of drug-likeness (QED) is 0.812. The van der Waals surface area contributed by atoms with E-state index in [4.69, 9.17) is 10.5 Å². The van der Waals surface area contributed by atoms with Crippen molar-refractivity contribution in [2.24, 2.45) is 5.73 Å². The summed E-state index contributed by atoms with van der Waals surface area (Å²) in [7, 11) is 0. The summed E-state index contributed by atoms with van der Waals surface area (Å²) in [5, 5.41) is 0. The maximum atomic E-state index is 13.1. The molecule has 0 saturated carbocycles. The van der Waals surface area contributed by atoms with Crippen LogP contribution < -0.4 is 10.5 Å². The molecular formula is C10H13F2NO. The van der Waals surface area contributed by atoms with Crippen molar-refractivity contribution >= 4 is 0 Å². The minimum Gasteiger partial charge on any atom is -0.486 e. The van der Waals surface area contributed by atoms with E-state index >= 15 is 0 Å². The van der Waals surface area contributed by atoms with Crippen molar-refractivity contribution in [2.75, 3.05) is 0 Å². The van der Waals surface area contributed by atoms with Gasteiger partial charge in [0.05, 0.1) is 0 Å². The Kier molecular flexibility index (Phi) is 3.41. The highest BCUT2D eigenvalue weighted by Gasteiger charge is 2.14. The Morgan fingerprint density at radius 2 is 1.93 bits per heavy atom. The zero-order valence-corrected chi connectivity index (χ0v) is 8.13.